The summed E-state index contributed by atoms with van der Waals surface area (Å²) in [7, 11) is 3.34. The number of methoxy groups -OCH3 is 2. The van der Waals surface area contributed by atoms with Crippen molar-refractivity contribution in [1.82, 2.24) is 19.9 Å². The van der Waals surface area contributed by atoms with Gasteiger partial charge in [-0.15, -0.1) is 0 Å². The number of benzene rings is 1. The zero-order valence-corrected chi connectivity index (χ0v) is 19.9. The Morgan fingerprint density at radius 2 is 1.85 bits per heavy atom. The fourth-order valence-corrected chi connectivity index (χ4v) is 4.38. The summed E-state index contributed by atoms with van der Waals surface area (Å²) in [6.45, 7) is 7.13. The van der Waals surface area contributed by atoms with E-state index in [9.17, 15) is 0 Å². The molecule has 33 heavy (non-hydrogen) atoms. The molecule has 0 unspecified atom stereocenters. The quantitative estimate of drug-likeness (QED) is 0.534. The molecule has 0 saturated carbocycles. The molecule has 0 radical (unpaired) electrons. The van der Waals surface area contributed by atoms with Crippen LogP contribution in [0.3, 0.4) is 0 Å². The van der Waals surface area contributed by atoms with E-state index in [-0.39, 0.29) is 6.04 Å². The average Bonchev–Trinajstić information content (AvgIpc) is 2.84. The van der Waals surface area contributed by atoms with E-state index in [0.717, 1.165) is 60.8 Å². The second-order valence-electron chi connectivity index (χ2n) is 8.77. The van der Waals surface area contributed by atoms with Crippen LogP contribution in [0.15, 0.2) is 48.9 Å². The summed E-state index contributed by atoms with van der Waals surface area (Å²) in [6.07, 6.45) is 7.74. The van der Waals surface area contributed by atoms with E-state index >= 15 is 0 Å². The molecule has 4 rings (SSSR count). The van der Waals surface area contributed by atoms with Crippen molar-refractivity contribution in [2.75, 3.05) is 32.6 Å². The predicted octanol–water partition coefficient (Wildman–Crippen LogP) is 4.76. The van der Waals surface area contributed by atoms with Gasteiger partial charge in [-0.2, -0.15) is 0 Å². The Hall–Kier alpha value is -3.19. The molecule has 1 aromatic carbocycles. The van der Waals surface area contributed by atoms with Gasteiger partial charge in [-0.05, 0) is 63.5 Å². The van der Waals surface area contributed by atoms with Crippen LogP contribution in [0, 0.1) is 0 Å². The van der Waals surface area contributed by atoms with Gasteiger partial charge in [0.05, 0.1) is 19.9 Å². The molecule has 3 heterocycles. The second kappa shape index (κ2) is 10.6. The lowest BCUT2D eigenvalue weighted by Crippen LogP contribution is -2.33. The monoisotopic (exact) mass is 447 g/mol. The molecule has 3 aromatic rings. The molecule has 1 fully saturated rings. The second-order valence-corrected chi connectivity index (χ2v) is 8.77. The van der Waals surface area contributed by atoms with Crippen molar-refractivity contribution >= 4 is 5.95 Å². The Labute approximate surface area is 196 Å². The lowest BCUT2D eigenvalue weighted by Gasteiger charge is -2.32. The van der Waals surface area contributed by atoms with E-state index in [1.54, 1.807) is 20.4 Å². The van der Waals surface area contributed by atoms with Gasteiger partial charge >= 0.3 is 0 Å². The van der Waals surface area contributed by atoms with Crippen molar-refractivity contribution in [3.8, 4) is 22.6 Å². The summed E-state index contributed by atoms with van der Waals surface area (Å²) in [4.78, 5) is 16.3. The maximum atomic E-state index is 5.47. The van der Waals surface area contributed by atoms with Crippen molar-refractivity contribution in [2.24, 2.45) is 0 Å². The number of piperidine rings is 1. The minimum Gasteiger partial charge on any atom is -0.493 e. The van der Waals surface area contributed by atoms with Gasteiger partial charge in [0, 0.05) is 48.2 Å². The molecule has 0 amide bonds. The molecular formula is C26H33N5O2. The molecule has 174 valence electrons. The summed E-state index contributed by atoms with van der Waals surface area (Å²) in [5, 5.41) is 3.35. The topological polar surface area (TPSA) is 72.4 Å². The number of ether oxygens (including phenoxy) is 2. The Balaban J connectivity index is 1.49. The Bertz CT molecular complexity index is 1050. The summed E-state index contributed by atoms with van der Waals surface area (Å²) in [5.74, 6) is 2.62. The lowest BCUT2D eigenvalue weighted by molar-refractivity contribution is 0.203. The molecule has 7 nitrogen and oxygen atoms in total. The third kappa shape index (κ3) is 5.60. The van der Waals surface area contributed by atoms with Gasteiger partial charge in [-0.25, -0.2) is 9.97 Å². The Morgan fingerprint density at radius 3 is 2.52 bits per heavy atom. The van der Waals surface area contributed by atoms with Crippen LogP contribution in [-0.2, 0) is 6.54 Å². The van der Waals surface area contributed by atoms with Crippen LogP contribution in [-0.4, -0.2) is 53.2 Å². The van der Waals surface area contributed by atoms with E-state index in [4.69, 9.17) is 14.5 Å². The number of rotatable bonds is 8. The largest absolute Gasteiger partial charge is 0.493 e. The van der Waals surface area contributed by atoms with E-state index in [1.165, 1.54) is 5.56 Å². The Kier molecular flexibility index (Phi) is 7.40. The number of aromatic nitrogens is 3. The maximum Gasteiger partial charge on any atom is 0.223 e. The summed E-state index contributed by atoms with van der Waals surface area (Å²) < 4.78 is 10.8. The van der Waals surface area contributed by atoms with Crippen LogP contribution < -0.4 is 14.8 Å². The number of hydrogen-bond acceptors (Lipinski definition) is 7. The van der Waals surface area contributed by atoms with Crippen LogP contribution in [0.2, 0.25) is 0 Å². The number of likely N-dealkylation sites (tertiary alicyclic amines) is 1. The standard InChI is InChI=1S/C26H33N5O2/c1-18(2)29-26-28-16-22(21-6-5-11-27-15-21)25(30-26)20-9-12-31(13-10-20)17-19-7-8-23(32-3)24(14-19)33-4/h5-8,11,14-16,18,20H,9-10,12-13,17H2,1-4H3,(H,28,29,30). The van der Waals surface area contributed by atoms with Gasteiger partial charge in [-0.1, -0.05) is 12.1 Å². The van der Waals surface area contributed by atoms with Crippen LogP contribution >= 0.6 is 0 Å². The smallest absolute Gasteiger partial charge is 0.223 e. The van der Waals surface area contributed by atoms with Gasteiger partial charge in [0.15, 0.2) is 11.5 Å². The minimum atomic E-state index is 0.283. The van der Waals surface area contributed by atoms with Crippen LogP contribution in [0.4, 0.5) is 5.95 Å². The zero-order valence-electron chi connectivity index (χ0n) is 19.9. The highest BCUT2D eigenvalue weighted by Crippen LogP contribution is 2.35. The van der Waals surface area contributed by atoms with Gasteiger partial charge < -0.3 is 14.8 Å². The molecule has 0 aliphatic carbocycles. The van der Waals surface area contributed by atoms with Crippen molar-refractivity contribution in [2.45, 2.75) is 45.2 Å². The fraction of sp³-hybridized carbons (Fsp3) is 0.423. The zero-order chi connectivity index (χ0) is 23.2. The highest BCUT2D eigenvalue weighted by Gasteiger charge is 2.25. The van der Waals surface area contributed by atoms with E-state index < -0.39 is 0 Å². The predicted molar refractivity (Wildman–Crippen MR) is 131 cm³/mol. The number of nitrogens with zero attached hydrogens (tertiary/aromatic N) is 4. The fourth-order valence-electron chi connectivity index (χ4n) is 4.38. The first-order chi connectivity index (χ1) is 16.1. The third-order valence-electron chi connectivity index (χ3n) is 6.04. The average molecular weight is 448 g/mol. The van der Waals surface area contributed by atoms with Gasteiger partial charge in [0.1, 0.15) is 0 Å². The molecule has 2 aromatic heterocycles. The molecule has 1 saturated heterocycles. The van der Waals surface area contributed by atoms with Crippen molar-refractivity contribution in [3.63, 3.8) is 0 Å². The van der Waals surface area contributed by atoms with E-state index in [0.29, 0.717) is 11.9 Å². The number of nitrogens with one attached hydrogen (secondary N) is 1. The molecule has 0 bridgehead atoms. The summed E-state index contributed by atoms with van der Waals surface area (Å²) in [6, 6.07) is 10.5. The summed E-state index contributed by atoms with van der Waals surface area (Å²) >= 11 is 0. The van der Waals surface area contributed by atoms with Gasteiger partial charge in [0.2, 0.25) is 5.95 Å². The molecule has 7 heteroatoms. The van der Waals surface area contributed by atoms with Crippen molar-refractivity contribution in [3.05, 3.63) is 60.2 Å². The molecular weight excluding hydrogens is 414 g/mol. The number of hydrogen-bond donors (Lipinski definition) is 1. The number of pyridine rings is 1. The Morgan fingerprint density at radius 1 is 1.06 bits per heavy atom. The normalized spacial score (nSPS) is 14.9. The molecule has 1 aliphatic rings. The third-order valence-corrected chi connectivity index (χ3v) is 6.04. The van der Waals surface area contributed by atoms with Crippen LogP contribution in [0.1, 0.15) is 43.9 Å². The SMILES string of the molecule is COc1ccc(CN2CCC(c3nc(NC(C)C)ncc3-c3cccnc3)CC2)cc1OC. The van der Waals surface area contributed by atoms with E-state index in [2.05, 4.69) is 52.2 Å². The van der Waals surface area contributed by atoms with Crippen molar-refractivity contribution < 1.29 is 9.47 Å². The minimum absolute atomic E-state index is 0.283. The number of anilines is 1. The highest BCUT2D eigenvalue weighted by molar-refractivity contribution is 5.65. The summed E-state index contributed by atoms with van der Waals surface area (Å²) in [5.41, 5.74) is 4.49. The van der Waals surface area contributed by atoms with Gasteiger partial charge in [0.25, 0.3) is 0 Å². The lowest BCUT2D eigenvalue weighted by atomic mass is 9.89. The maximum absolute atomic E-state index is 5.47. The van der Waals surface area contributed by atoms with Crippen LogP contribution in [0.5, 0.6) is 11.5 Å². The molecule has 0 spiro atoms. The van der Waals surface area contributed by atoms with Crippen molar-refractivity contribution in [1.29, 1.82) is 0 Å². The van der Waals surface area contributed by atoms with E-state index in [1.807, 2.05) is 24.5 Å². The van der Waals surface area contributed by atoms with Gasteiger partial charge in [-0.3, -0.25) is 9.88 Å². The highest BCUT2D eigenvalue weighted by atomic mass is 16.5. The molecule has 1 N–H and O–H groups in total. The van der Waals surface area contributed by atoms with Crippen LogP contribution in [0.25, 0.3) is 11.1 Å². The molecule has 1 aliphatic heterocycles. The first-order valence-electron chi connectivity index (χ1n) is 11.5. The molecule has 0 atom stereocenters. The first kappa shape index (κ1) is 23.0. The first-order valence-corrected chi connectivity index (χ1v) is 11.5.